The maximum atomic E-state index is 11.4. The lowest BCUT2D eigenvalue weighted by atomic mass is 10.1. The number of fused-ring (bicyclic) bond motifs is 1. The minimum Gasteiger partial charge on any atom is -0.508 e. The van der Waals surface area contributed by atoms with Crippen LogP contribution in [0.4, 0.5) is 0 Å². The SMILES string of the molecule is CC1(C)OC(=O)c2ccc(O)cc2O1.O=C(O)c1ccc(O)cc1O. The van der Waals surface area contributed by atoms with Crippen molar-refractivity contribution in [3.05, 3.63) is 47.5 Å². The van der Waals surface area contributed by atoms with Crippen molar-refractivity contribution < 1.29 is 39.5 Å². The summed E-state index contributed by atoms with van der Waals surface area (Å²) in [5.41, 5.74) is 0.116. The van der Waals surface area contributed by atoms with Gasteiger partial charge in [-0.15, -0.1) is 0 Å². The molecule has 1 aliphatic heterocycles. The van der Waals surface area contributed by atoms with E-state index in [1.54, 1.807) is 13.8 Å². The molecule has 8 nitrogen and oxygen atoms in total. The van der Waals surface area contributed by atoms with Crippen molar-refractivity contribution in [1.29, 1.82) is 0 Å². The minimum absolute atomic E-state index is 0.0641. The monoisotopic (exact) mass is 348 g/mol. The molecule has 0 saturated carbocycles. The Morgan fingerprint density at radius 2 is 1.56 bits per heavy atom. The third-order valence-electron chi connectivity index (χ3n) is 3.09. The molecule has 0 fully saturated rings. The lowest BCUT2D eigenvalue weighted by molar-refractivity contribution is -0.127. The molecule has 0 bridgehead atoms. The van der Waals surface area contributed by atoms with Crippen LogP contribution in [0.2, 0.25) is 0 Å². The molecule has 0 aromatic heterocycles. The molecule has 2 aromatic carbocycles. The smallest absolute Gasteiger partial charge is 0.345 e. The van der Waals surface area contributed by atoms with Crippen molar-refractivity contribution in [2.24, 2.45) is 0 Å². The molecule has 3 rings (SSSR count). The van der Waals surface area contributed by atoms with E-state index >= 15 is 0 Å². The molecule has 0 amide bonds. The van der Waals surface area contributed by atoms with Crippen molar-refractivity contribution >= 4 is 11.9 Å². The summed E-state index contributed by atoms with van der Waals surface area (Å²) >= 11 is 0. The van der Waals surface area contributed by atoms with E-state index < -0.39 is 23.5 Å². The molecule has 0 spiro atoms. The number of esters is 1. The number of aromatic hydroxyl groups is 3. The zero-order valence-electron chi connectivity index (χ0n) is 13.4. The quantitative estimate of drug-likeness (QED) is 0.578. The highest BCUT2D eigenvalue weighted by Crippen LogP contribution is 2.33. The molecule has 2 aromatic rings. The number of carbonyl (C=O) groups is 2. The van der Waals surface area contributed by atoms with Gasteiger partial charge in [-0.25, -0.2) is 9.59 Å². The number of carbonyl (C=O) groups excluding carboxylic acids is 1. The lowest BCUT2D eigenvalue weighted by Gasteiger charge is -2.31. The van der Waals surface area contributed by atoms with E-state index in [9.17, 15) is 14.7 Å². The number of carboxylic acids is 1. The molecule has 4 N–H and O–H groups in total. The average Bonchev–Trinajstić information content (AvgIpc) is 2.45. The number of carboxylic acid groups (broad SMARTS) is 1. The van der Waals surface area contributed by atoms with Gasteiger partial charge in [-0.1, -0.05) is 0 Å². The second kappa shape index (κ2) is 6.60. The number of phenols is 3. The van der Waals surface area contributed by atoms with Gasteiger partial charge in [0.2, 0.25) is 5.79 Å². The molecule has 1 aliphatic rings. The van der Waals surface area contributed by atoms with Crippen LogP contribution in [0.1, 0.15) is 34.6 Å². The topological polar surface area (TPSA) is 134 Å². The van der Waals surface area contributed by atoms with Gasteiger partial charge in [0, 0.05) is 26.0 Å². The third kappa shape index (κ3) is 4.31. The highest BCUT2D eigenvalue weighted by molar-refractivity contribution is 5.93. The van der Waals surface area contributed by atoms with Gasteiger partial charge in [-0.3, -0.25) is 0 Å². The summed E-state index contributed by atoms with van der Waals surface area (Å²) in [7, 11) is 0. The molecule has 0 saturated heterocycles. The van der Waals surface area contributed by atoms with Gasteiger partial charge in [0.15, 0.2) is 0 Å². The number of benzene rings is 2. The van der Waals surface area contributed by atoms with Crippen LogP contribution in [0.25, 0.3) is 0 Å². The first-order valence-electron chi connectivity index (χ1n) is 7.10. The van der Waals surface area contributed by atoms with Crippen molar-refractivity contribution in [3.8, 4) is 23.0 Å². The zero-order chi connectivity index (χ0) is 18.8. The van der Waals surface area contributed by atoms with Gasteiger partial charge in [0.25, 0.3) is 0 Å². The normalized spacial score (nSPS) is 14.2. The summed E-state index contributed by atoms with van der Waals surface area (Å²) in [6, 6.07) is 7.60. The number of cyclic esters (lactones) is 1. The molecule has 0 aliphatic carbocycles. The van der Waals surface area contributed by atoms with Gasteiger partial charge in [0.05, 0.1) is 0 Å². The summed E-state index contributed by atoms with van der Waals surface area (Å²) in [4.78, 5) is 21.7. The molecular formula is C17H16O8. The summed E-state index contributed by atoms with van der Waals surface area (Å²) in [6.45, 7) is 3.27. The van der Waals surface area contributed by atoms with E-state index in [2.05, 4.69) is 0 Å². The Morgan fingerprint density at radius 3 is 2.16 bits per heavy atom. The van der Waals surface area contributed by atoms with Gasteiger partial charge >= 0.3 is 11.9 Å². The van der Waals surface area contributed by atoms with Gasteiger partial charge in [-0.05, 0) is 24.3 Å². The second-order valence-corrected chi connectivity index (χ2v) is 5.58. The fourth-order valence-corrected chi connectivity index (χ4v) is 2.03. The first kappa shape index (κ1) is 17.9. The zero-order valence-corrected chi connectivity index (χ0v) is 13.4. The highest BCUT2D eigenvalue weighted by Gasteiger charge is 2.33. The van der Waals surface area contributed by atoms with Crippen LogP contribution in [0.15, 0.2) is 36.4 Å². The van der Waals surface area contributed by atoms with Crippen molar-refractivity contribution in [2.75, 3.05) is 0 Å². The van der Waals surface area contributed by atoms with Gasteiger partial charge in [-0.2, -0.15) is 0 Å². The van der Waals surface area contributed by atoms with Gasteiger partial charge in [0.1, 0.15) is 34.1 Å². The number of aromatic carboxylic acids is 1. The Balaban J connectivity index is 0.000000186. The number of phenolic OH excluding ortho intramolecular Hbond substituents is 2. The maximum absolute atomic E-state index is 11.4. The Kier molecular flexibility index (Phi) is 4.73. The minimum atomic E-state index is -1.22. The molecule has 0 radical (unpaired) electrons. The lowest BCUT2D eigenvalue weighted by Crippen LogP contribution is -2.38. The summed E-state index contributed by atoms with van der Waals surface area (Å²) in [5, 5.41) is 35.3. The van der Waals surface area contributed by atoms with Crippen LogP contribution in [-0.2, 0) is 4.74 Å². The van der Waals surface area contributed by atoms with Crippen LogP contribution in [0, 0.1) is 0 Å². The van der Waals surface area contributed by atoms with E-state index in [0.717, 1.165) is 12.1 Å². The summed E-state index contributed by atoms with van der Waals surface area (Å²) in [6.07, 6.45) is 0. The van der Waals surface area contributed by atoms with E-state index in [-0.39, 0.29) is 17.1 Å². The van der Waals surface area contributed by atoms with Crippen LogP contribution in [0.3, 0.4) is 0 Å². The van der Waals surface area contributed by atoms with E-state index in [0.29, 0.717) is 11.3 Å². The molecule has 1 heterocycles. The largest absolute Gasteiger partial charge is 0.508 e. The number of rotatable bonds is 1. The van der Waals surface area contributed by atoms with Crippen molar-refractivity contribution in [1.82, 2.24) is 0 Å². The maximum Gasteiger partial charge on any atom is 0.345 e. The molecule has 0 atom stereocenters. The average molecular weight is 348 g/mol. The highest BCUT2D eigenvalue weighted by atomic mass is 16.7. The predicted octanol–water partition coefficient (Wildman–Crippen LogP) is 2.47. The van der Waals surface area contributed by atoms with Gasteiger partial charge < -0.3 is 29.9 Å². The first-order valence-corrected chi connectivity index (χ1v) is 7.10. The Morgan fingerprint density at radius 1 is 0.960 bits per heavy atom. The Hall–Kier alpha value is -3.42. The Bertz CT molecular complexity index is 825. The fraction of sp³-hybridized carbons (Fsp3) is 0.176. The Labute approximate surface area is 142 Å². The molecular weight excluding hydrogens is 332 g/mol. The van der Waals surface area contributed by atoms with E-state index in [4.69, 9.17) is 24.8 Å². The number of hydrogen-bond donors (Lipinski definition) is 4. The third-order valence-corrected chi connectivity index (χ3v) is 3.09. The molecule has 132 valence electrons. The molecule has 0 unspecified atom stereocenters. The van der Waals surface area contributed by atoms with Crippen molar-refractivity contribution in [3.63, 3.8) is 0 Å². The predicted molar refractivity (Wildman–Crippen MR) is 85.0 cm³/mol. The van der Waals surface area contributed by atoms with Crippen LogP contribution in [0.5, 0.6) is 23.0 Å². The van der Waals surface area contributed by atoms with E-state index in [1.165, 1.54) is 24.3 Å². The molecule has 25 heavy (non-hydrogen) atoms. The van der Waals surface area contributed by atoms with Crippen molar-refractivity contribution in [2.45, 2.75) is 19.6 Å². The number of hydrogen-bond acceptors (Lipinski definition) is 7. The first-order chi connectivity index (χ1) is 11.6. The van der Waals surface area contributed by atoms with E-state index in [1.807, 2.05) is 0 Å². The number of ether oxygens (including phenoxy) is 2. The van der Waals surface area contributed by atoms with Crippen LogP contribution in [-0.4, -0.2) is 38.2 Å². The standard InChI is InChI=1S/C10H10O4.C7H6O4/c1-10(2)13-8-5-6(11)3-4-7(8)9(12)14-10;8-4-1-2-5(7(10)11)6(9)3-4/h3-5,11H,1-2H3;1-3,8-9H,(H,10,11). The molecule has 8 heteroatoms. The summed E-state index contributed by atoms with van der Waals surface area (Å²) in [5.74, 6) is -2.80. The summed E-state index contributed by atoms with van der Waals surface area (Å²) < 4.78 is 10.4. The van der Waals surface area contributed by atoms with Crippen LogP contribution < -0.4 is 4.74 Å². The second-order valence-electron chi connectivity index (χ2n) is 5.58. The van der Waals surface area contributed by atoms with Crippen LogP contribution >= 0.6 is 0 Å². The fourth-order valence-electron chi connectivity index (χ4n) is 2.03.